The van der Waals surface area contributed by atoms with Crippen molar-refractivity contribution in [3.8, 4) is 5.75 Å². The first-order valence-electron chi connectivity index (χ1n) is 12.2. The minimum absolute atomic E-state index is 0.0749. The van der Waals surface area contributed by atoms with E-state index >= 15 is 0 Å². The molecule has 0 bridgehead atoms. The number of nitrogens with zero attached hydrogens (tertiary/aromatic N) is 2. The second-order valence-electron chi connectivity index (χ2n) is 8.63. The molecule has 2 rings (SSSR count). The Kier molecular flexibility index (Phi) is 11.5. The van der Waals surface area contributed by atoms with E-state index in [0.717, 1.165) is 10.6 Å². The molecule has 0 saturated carbocycles. The third kappa shape index (κ3) is 8.25. The lowest BCUT2D eigenvalue weighted by atomic mass is 10.1. The Balaban J connectivity index is 2.55. The summed E-state index contributed by atoms with van der Waals surface area (Å²) in [4.78, 5) is 28.4. The first-order chi connectivity index (χ1) is 17.4. The molecular weight excluding hydrogens is 537 g/mol. The van der Waals surface area contributed by atoms with Gasteiger partial charge in [-0.3, -0.25) is 13.9 Å². The van der Waals surface area contributed by atoms with E-state index in [2.05, 4.69) is 5.32 Å². The van der Waals surface area contributed by atoms with E-state index in [1.165, 1.54) is 4.90 Å². The number of carbonyl (C=O) groups is 2. The van der Waals surface area contributed by atoms with Crippen molar-refractivity contribution in [2.45, 2.75) is 59.2 Å². The Morgan fingerprint density at radius 3 is 2.16 bits per heavy atom. The summed E-state index contributed by atoms with van der Waals surface area (Å²) in [6, 6.07) is 10.6. The number of carbonyl (C=O) groups excluding carboxylic acids is 2. The molecule has 2 aromatic carbocycles. The molecule has 8 nitrogen and oxygen atoms in total. The monoisotopic (exact) mass is 571 g/mol. The number of rotatable bonds is 13. The Labute approximate surface area is 229 Å². The summed E-state index contributed by atoms with van der Waals surface area (Å²) in [5.74, 6) is -0.599. The fourth-order valence-electron chi connectivity index (χ4n) is 3.75. The first kappa shape index (κ1) is 30.7. The molecule has 11 heteroatoms. The maximum absolute atomic E-state index is 13.8. The normalized spacial score (nSPS) is 12.9. The summed E-state index contributed by atoms with van der Waals surface area (Å²) in [6.45, 7) is 7.08. The van der Waals surface area contributed by atoms with E-state index in [-0.39, 0.29) is 24.2 Å². The standard InChI is InChI=1S/C26H35Cl2N3O5S/c1-6-18(4)29-26(33)22(7-2)30(16-19-20(27)12-11-13-21(19)28)25(32)17-31(37(5,34)35)23-14-9-10-15-24(23)36-8-3/h9-15,18,22H,6-8,16-17H2,1-5H3,(H,29,33)/t18-,22+/m0/s1. The maximum Gasteiger partial charge on any atom is 0.244 e. The Morgan fingerprint density at radius 2 is 1.62 bits per heavy atom. The summed E-state index contributed by atoms with van der Waals surface area (Å²) in [6.07, 6.45) is 2.03. The number of anilines is 1. The van der Waals surface area contributed by atoms with Crippen molar-refractivity contribution in [2.24, 2.45) is 0 Å². The fourth-order valence-corrected chi connectivity index (χ4v) is 5.12. The number of amides is 2. The van der Waals surface area contributed by atoms with Crippen LogP contribution >= 0.6 is 23.2 Å². The number of ether oxygens (including phenoxy) is 1. The number of hydrogen-bond donors (Lipinski definition) is 1. The van der Waals surface area contributed by atoms with Crippen molar-refractivity contribution < 1.29 is 22.7 Å². The smallest absolute Gasteiger partial charge is 0.244 e. The largest absolute Gasteiger partial charge is 0.492 e. The van der Waals surface area contributed by atoms with E-state index in [9.17, 15) is 18.0 Å². The van der Waals surface area contributed by atoms with E-state index in [0.29, 0.717) is 40.8 Å². The number of nitrogens with one attached hydrogen (secondary N) is 1. The molecule has 0 heterocycles. The molecule has 0 aliphatic rings. The molecule has 2 amide bonds. The summed E-state index contributed by atoms with van der Waals surface area (Å²) < 4.78 is 32.3. The molecule has 2 atom stereocenters. The molecule has 0 spiro atoms. The topological polar surface area (TPSA) is 96.0 Å². The molecule has 0 fully saturated rings. The fraction of sp³-hybridized carbons (Fsp3) is 0.462. The Hall–Kier alpha value is -2.49. The van der Waals surface area contributed by atoms with Crippen LogP contribution in [0.15, 0.2) is 42.5 Å². The summed E-state index contributed by atoms with van der Waals surface area (Å²) in [5, 5.41) is 3.60. The lowest BCUT2D eigenvalue weighted by Gasteiger charge is -2.34. The highest BCUT2D eigenvalue weighted by atomic mass is 35.5. The van der Waals surface area contributed by atoms with Crippen molar-refractivity contribution in [1.29, 1.82) is 0 Å². The first-order valence-corrected chi connectivity index (χ1v) is 14.8. The second kappa shape index (κ2) is 13.9. The average molecular weight is 573 g/mol. The van der Waals surface area contributed by atoms with Crippen LogP contribution in [0.25, 0.3) is 0 Å². The maximum atomic E-state index is 13.8. The highest BCUT2D eigenvalue weighted by Crippen LogP contribution is 2.31. The van der Waals surface area contributed by atoms with Crippen LogP contribution in [0.4, 0.5) is 5.69 Å². The van der Waals surface area contributed by atoms with Crippen LogP contribution in [0.5, 0.6) is 5.75 Å². The van der Waals surface area contributed by atoms with Gasteiger partial charge in [0.25, 0.3) is 0 Å². The number of halogens is 2. The van der Waals surface area contributed by atoms with Gasteiger partial charge in [-0.1, -0.05) is 55.2 Å². The molecule has 0 radical (unpaired) electrons. The van der Waals surface area contributed by atoms with Crippen molar-refractivity contribution in [2.75, 3.05) is 23.7 Å². The minimum atomic E-state index is -3.90. The van der Waals surface area contributed by atoms with Gasteiger partial charge in [0.2, 0.25) is 21.8 Å². The molecule has 0 aliphatic heterocycles. The molecule has 0 unspecified atom stereocenters. The molecule has 37 heavy (non-hydrogen) atoms. The highest BCUT2D eigenvalue weighted by Gasteiger charge is 2.33. The van der Waals surface area contributed by atoms with E-state index in [1.807, 2.05) is 13.8 Å². The van der Waals surface area contributed by atoms with E-state index < -0.39 is 28.5 Å². The molecule has 0 aliphatic carbocycles. The SMILES string of the molecule is CCOc1ccccc1N(CC(=O)N(Cc1c(Cl)cccc1Cl)[C@H](CC)C(=O)N[C@@H](C)CC)S(C)(=O)=O. The second-order valence-corrected chi connectivity index (χ2v) is 11.4. The van der Waals surface area contributed by atoms with Crippen LogP contribution in [0.3, 0.4) is 0 Å². The summed E-state index contributed by atoms with van der Waals surface area (Å²) in [7, 11) is -3.90. The number of hydrogen-bond acceptors (Lipinski definition) is 5. The van der Waals surface area contributed by atoms with Gasteiger partial charge in [0, 0.05) is 28.2 Å². The van der Waals surface area contributed by atoms with Crippen LogP contribution in [0, 0.1) is 0 Å². The van der Waals surface area contributed by atoms with Crippen molar-refractivity contribution >= 4 is 50.7 Å². The average Bonchev–Trinajstić information content (AvgIpc) is 2.84. The third-order valence-electron chi connectivity index (χ3n) is 5.89. The molecule has 1 N–H and O–H groups in total. The number of para-hydroxylation sites is 2. The van der Waals surface area contributed by atoms with Gasteiger partial charge in [-0.05, 0) is 51.0 Å². The van der Waals surface area contributed by atoms with Gasteiger partial charge in [-0.15, -0.1) is 0 Å². The third-order valence-corrected chi connectivity index (χ3v) is 7.72. The van der Waals surface area contributed by atoms with Crippen LogP contribution < -0.4 is 14.4 Å². The molecule has 204 valence electrons. The molecule has 2 aromatic rings. The van der Waals surface area contributed by atoms with Gasteiger partial charge in [0.15, 0.2) is 0 Å². The van der Waals surface area contributed by atoms with Gasteiger partial charge < -0.3 is 15.0 Å². The number of sulfonamides is 1. The highest BCUT2D eigenvalue weighted by molar-refractivity contribution is 7.92. The predicted octanol–water partition coefficient (Wildman–Crippen LogP) is 4.88. The van der Waals surface area contributed by atoms with Crippen molar-refractivity contribution in [3.05, 3.63) is 58.1 Å². The van der Waals surface area contributed by atoms with Crippen LogP contribution in [0.2, 0.25) is 10.0 Å². The van der Waals surface area contributed by atoms with Gasteiger partial charge in [0.05, 0.1) is 18.6 Å². The van der Waals surface area contributed by atoms with Crippen LogP contribution in [-0.4, -0.2) is 56.6 Å². The summed E-state index contributed by atoms with van der Waals surface area (Å²) >= 11 is 12.8. The minimum Gasteiger partial charge on any atom is -0.492 e. The Bertz CT molecular complexity index is 1170. The number of benzene rings is 2. The van der Waals surface area contributed by atoms with Crippen LogP contribution in [0.1, 0.15) is 46.1 Å². The Morgan fingerprint density at radius 1 is 1.00 bits per heavy atom. The quantitative estimate of drug-likeness (QED) is 0.369. The van der Waals surface area contributed by atoms with Gasteiger partial charge in [-0.2, -0.15) is 0 Å². The predicted molar refractivity (Wildman–Crippen MR) is 149 cm³/mol. The van der Waals surface area contributed by atoms with Gasteiger partial charge >= 0.3 is 0 Å². The lowest BCUT2D eigenvalue weighted by molar-refractivity contribution is -0.140. The molecule has 0 aromatic heterocycles. The zero-order chi connectivity index (χ0) is 27.8. The van der Waals surface area contributed by atoms with E-state index in [4.69, 9.17) is 27.9 Å². The zero-order valence-electron chi connectivity index (χ0n) is 21.8. The zero-order valence-corrected chi connectivity index (χ0v) is 24.2. The molecular formula is C26H35Cl2N3O5S. The van der Waals surface area contributed by atoms with Gasteiger partial charge in [-0.25, -0.2) is 8.42 Å². The lowest BCUT2D eigenvalue weighted by Crippen LogP contribution is -2.53. The van der Waals surface area contributed by atoms with Crippen molar-refractivity contribution in [3.63, 3.8) is 0 Å². The summed E-state index contributed by atoms with van der Waals surface area (Å²) in [5.41, 5.74) is 0.697. The van der Waals surface area contributed by atoms with Crippen LogP contribution in [-0.2, 0) is 26.2 Å². The van der Waals surface area contributed by atoms with Gasteiger partial charge in [0.1, 0.15) is 18.3 Å². The molecule has 0 saturated heterocycles. The van der Waals surface area contributed by atoms with E-state index in [1.54, 1.807) is 56.3 Å². The van der Waals surface area contributed by atoms with Crippen molar-refractivity contribution in [1.82, 2.24) is 10.2 Å².